The molecule has 3 aromatic rings. The van der Waals surface area contributed by atoms with Gasteiger partial charge in [-0.1, -0.05) is 17.3 Å². The van der Waals surface area contributed by atoms with Crippen molar-refractivity contribution < 1.29 is 22.5 Å². The molecule has 0 atom stereocenters. The van der Waals surface area contributed by atoms with Gasteiger partial charge in [0.05, 0.1) is 11.8 Å². The number of benzene rings is 1. The molecule has 0 bridgehead atoms. The van der Waals surface area contributed by atoms with Crippen molar-refractivity contribution in [1.29, 1.82) is 0 Å². The molecule has 1 N–H and O–H groups in total. The van der Waals surface area contributed by atoms with Crippen molar-refractivity contribution >= 4 is 5.91 Å². The van der Waals surface area contributed by atoms with Crippen LogP contribution in [0.3, 0.4) is 0 Å². The molecule has 0 aliphatic heterocycles. The normalized spacial score (nSPS) is 11.4. The number of halogens is 3. The first-order valence-electron chi connectivity index (χ1n) is 8.70. The van der Waals surface area contributed by atoms with Crippen LogP contribution in [0.2, 0.25) is 0 Å². The molecule has 0 radical (unpaired) electrons. The van der Waals surface area contributed by atoms with Crippen molar-refractivity contribution in [1.82, 2.24) is 15.5 Å². The number of alkyl halides is 3. The van der Waals surface area contributed by atoms with E-state index >= 15 is 0 Å². The molecule has 0 saturated carbocycles. The fraction of sp³-hybridized carbons (Fsp3) is 0.250. The highest BCUT2D eigenvalue weighted by atomic mass is 19.4. The summed E-state index contributed by atoms with van der Waals surface area (Å²) in [6.45, 7) is 0.512. The highest BCUT2D eigenvalue weighted by Crippen LogP contribution is 2.32. The van der Waals surface area contributed by atoms with Gasteiger partial charge >= 0.3 is 6.18 Å². The molecule has 0 aliphatic carbocycles. The first-order chi connectivity index (χ1) is 13.4. The number of aromatic nitrogens is 2. The Balaban J connectivity index is 1.53. The number of hydrogen-bond acceptors (Lipinski definition) is 4. The van der Waals surface area contributed by atoms with E-state index in [0.717, 1.165) is 17.7 Å². The predicted octanol–water partition coefficient (Wildman–Crippen LogP) is 4.05. The summed E-state index contributed by atoms with van der Waals surface area (Å²) in [5, 5.41) is 6.56. The Morgan fingerprint density at radius 3 is 2.43 bits per heavy atom. The molecule has 5 nitrogen and oxygen atoms in total. The lowest BCUT2D eigenvalue weighted by molar-refractivity contribution is -0.137. The van der Waals surface area contributed by atoms with E-state index in [1.165, 1.54) is 18.3 Å². The van der Waals surface area contributed by atoms with Crippen molar-refractivity contribution in [2.75, 3.05) is 6.54 Å². The van der Waals surface area contributed by atoms with Gasteiger partial charge in [-0.3, -0.25) is 9.78 Å². The van der Waals surface area contributed by atoms with E-state index in [0.29, 0.717) is 36.3 Å². The molecule has 2 heterocycles. The number of hydrogen-bond donors (Lipinski definition) is 1. The summed E-state index contributed by atoms with van der Waals surface area (Å²) in [5.41, 5.74) is 1.51. The second kappa shape index (κ2) is 8.69. The Labute approximate surface area is 159 Å². The Hall–Kier alpha value is -3.16. The molecule has 146 valence electrons. The molecule has 0 unspecified atom stereocenters. The Morgan fingerprint density at radius 2 is 1.75 bits per heavy atom. The van der Waals surface area contributed by atoms with Crippen LogP contribution in [0.25, 0.3) is 11.3 Å². The van der Waals surface area contributed by atoms with Crippen molar-refractivity contribution in [3.63, 3.8) is 0 Å². The van der Waals surface area contributed by atoms with Gasteiger partial charge < -0.3 is 9.84 Å². The molecule has 28 heavy (non-hydrogen) atoms. The zero-order valence-corrected chi connectivity index (χ0v) is 14.9. The highest BCUT2D eigenvalue weighted by molar-refractivity contribution is 5.76. The minimum Gasteiger partial charge on any atom is -0.356 e. The molecule has 1 amide bonds. The monoisotopic (exact) mass is 389 g/mol. The molecule has 0 saturated heterocycles. The number of carbonyl (C=O) groups excluding carboxylic acids is 1. The average Bonchev–Trinajstić information content (AvgIpc) is 3.15. The lowest BCUT2D eigenvalue weighted by Crippen LogP contribution is -2.25. The number of aryl methyl sites for hydroxylation is 1. The third-order valence-corrected chi connectivity index (χ3v) is 4.23. The number of amides is 1. The topological polar surface area (TPSA) is 68.0 Å². The number of nitrogens with zero attached hydrogens (tertiary/aromatic N) is 2. The third-order valence-electron chi connectivity index (χ3n) is 4.23. The maximum Gasteiger partial charge on any atom is 0.416 e. The molecular weight excluding hydrogens is 371 g/mol. The third kappa shape index (κ3) is 5.18. The van der Waals surface area contributed by atoms with Gasteiger partial charge in [-0.15, -0.1) is 0 Å². The summed E-state index contributed by atoms with van der Waals surface area (Å²) in [5.74, 6) is 0.256. The maximum atomic E-state index is 12.7. The molecule has 0 fully saturated rings. The van der Waals surface area contributed by atoms with Crippen LogP contribution < -0.4 is 5.32 Å². The van der Waals surface area contributed by atoms with Gasteiger partial charge in [-0.2, -0.15) is 13.2 Å². The Morgan fingerprint density at radius 1 is 1.04 bits per heavy atom. The van der Waals surface area contributed by atoms with E-state index in [9.17, 15) is 18.0 Å². The number of rotatable bonds is 7. The second-order valence-corrected chi connectivity index (χ2v) is 6.21. The summed E-state index contributed by atoms with van der Waals surface area (Å²) in [6.07, 6.45) is 1.80. The molecule has 3 rings (SSSR count). The lowest BCUT2D eigenvalue weighted by Gasteiger charge is -2.07. The molecule has 0 aliphatic rings. The fourth-order valence-corrected chi connectivity index (χ4v) is 2.72. The van der Waals surface area contributed by atoms with Crippen LogP contribution in [0.4, 0.5) is 13.2 Å². The molecule has 8 heteroatoms. The van der Waals surface area contributed by atoms with Crippen molar-refractivity contribution in [3.8, 4) is 11.3 Å². The maximum absolute atomic E-state index is 12.7. The van der Waals surface area contributed by atoms with Crippen LogP contribution in [-0.2, 0) is 23.8 Å². The molecular formula is C20H18F3N3O2. The van der Waals surface area contributed by atoms with Crippen LogP contribution in [0, 0.1) is 0 Å². The van der Waals surface area contributed by atoms with Gasteiger partial charge in [0.15, 0.2) is 5.76 Å². The number of carbonyl (C=O) groups is 1. The molecule has 1 aromatic carbocycles. The largest absolute Gasteiger partial charge is 0.416 e. The molecule has 2 aromatic heterocycles. The van der Waals surface area contributed by atoms with Crippen LogP contribution >= 0.6 is 0 Å². The molecule has 0 spiro atoms. The zero-order valence-electron chi connectivity index (χ0n) is 14.9. The summed E-state index contributed by atoms with van der Waals surface area (Å²) < 4.78 is 43.2. The predicted molar refractivity (Wildman–Crippen MR) is 96.2 cm³/mol. The van der Waals surface area contributed by atoms with Gasteiger partial charge in [0, 0.05) is 36.5 Å². The van der Waals surface area contributed by atoms with Crippen LogP contribution in [-0.4, -0.2) is 22.6 Å². The van der Waals surface area contributed by atoms with E-state index in [1.54, 1.807) is 12.4 Å². The lowest BCUT2D eigenvalue weighted by atomic mass is 10.0. The number of pyridine rings is 1. The van der Waals surface area contributed by atoms with E-state index in [-0.39, 0.29) is 12.3 Å². The van der Waals surface area contributed by atoms with Gasteiger partial charge in [0.2, 0.25) is 5.91 Å². The minimum atomic E-state index is -4.39. The second-order valence-electron chi connectivity index (χ2n) is 6.21. The summed E-state index contributed by atoms with van der Waals surface area (Å²) in [6, 6.07) is 8.43. The van der Waals surface area contributed by atoms with Crippen molar-refractivity contribution in [2.24, 2.45) is 0 Å². The van der Waals surface area contributed by atoms with Gasteiger partial charge in [0.1, 0.15) is 0 Å². The number of nitrogens with one attached hydrogen (secondary N) is 1. The summed E-state index contributed by atoms with van der Waals surface area (Å²) in [7, 11) is 0. The smallest absolute Gasteiger partial charge is 0.356 e. The van der Waals surface area contributed by atoms with Gasteiger partial charge in [-0.05, 0) is 42.7 Å². The summed E-state index contributed by atoms with van der Waals surface area (Å²) >= 11 is 0. The van der Waals surface area contributed by atoms with Crippen LogP contribution in [0.5, 0.6) is 0 Å². The Kier molecular flexibility index (Phi) is 6.08. The van der Waals surface area contributed by atoms with E-state index in [1.807, 2.05) is 12.1 Å². The van der Waals surface area contributed by atoms with E-state index < -0.39 is 11.7 Å². The Bertz CT molecular complexity index is 906. The van der Waals surface area contributed by atoms with E-state index in [2.05, 4.69) is 15.5 Å². The van der Waals surface area contributed by atoms with Crippen LogP contribution in [0.1, 0.15) is 23.1 Å². The standard InChI is InChI=1S/C20H18F3N3O2/c21-20(22,23)17-4-1-15(2-5-17)19-16(13-26-28-19)3-6-18(27)25-12-9-14-7-10-24-11-8-14/h1-2,4-5,7-8,10-11,13H,3,6,9,12H2,(H,25,27). The highest BCUT2D eigenvalue weighted by Gasteiger charge is 2.30. The SMILES string of the molecule is O=C(CCc1cnoc1-c1ccc(C(F)(F)F)cc1)NCCc1ccncc1. The quantitative estimate of drug-likeness (QED) is 0.662. The first-order valence-corrected chi connectivity index (χ1v) is 8.70. The van der Waals surface area contributed by atoms with Crippen molar-refractivity contribution in [3.05, 3.63) is 71.7 Å². The minimum absolute atomic E-state index is 0.117. The zero-order chi connectivity index (χ0) is 20.0. The van der Waals surface area contributed by atoms with Crippen molar-refractivity contribution in [2.45, 2.75) is 25.4 Å². The average molecular weight is 389 g/mol. The summed E-state index contributed by atoms with van der Waals surface area (Å²) in [4.78, 5) is 16.0. The van der Waals surface area contributed by atoms with Gasteiger partial charge in [0.25, 0.3) is 0 Å². The van der Waals surface area contributed by atoms with E-state index in [4.69, 9.17) is 4.52 Å². The fourth-order valence-electron chi connectivity index (χ4n) is 2.72. The van der Waals surface area contributed by atoms with Gasteiger partial charge in [-0.25, -0.2) is 0 Å². The first kappa shape index (κ1) is 19.6. The van der Waals surface area contributed by atoms with Crippen LogP contribution in [0.15, 0.2) is 59.5 Å².